The summed E-state index contributed by atoms with van der Waals surface area (Å²) >= 11 is 1.28. The van der Waals surface area contributed by atoms with Crippen LogP contribution in [0.25, 0.3) is 23.0 Å². The molecular formula is C16H15N5O2S. The number of carbonyl (C=O) groups is 1. The summed E-state index contributed by atoms with van der Waals surface area (Å²) in [6.45, 7) is 0. The van der Waals surface area contributed by atoms with Gasteiger partial charge in [-0.15, -0.1) is 11.3 Å². The van der Waals surface area contributed by atoms with Crippen LogP contribution < -0.4 is 5.32 Å². The molecule has 1 amide bonds. The predicted molar refractivity (Wildman–Crippen MR) is 88.4 cm³/mol. The molecule has 3 aromatic rings. The Morgan fingerprint density at radius 3 is 2.79 bits per heavy atom. The van der Waals surface area contributed by atoms with E-state index in [4.69, 9.17) is 4.52 Å². The second-order valence-corrected chi connectivity index (χ2v) is 6.51. The highest BCUT2D eigenvalue weighted by atomic mass is 32.1. The summed E-state index contributed by atoms with van der Waals surface area (Å²) in [5.41, 5.74) is 1.33. The van der Waals surface area contributed by atoms with Crippen molar-refractivity contribution in [2.24, 2.45) is 0 Å². The maximum absolute atomic E-state index is 12.2. The van der Waals surface area contributed by atoms with Crippen molar-refractivity contribution in [1.29, 1.82) is 0 Å². The molecule has 3 heterocycles. The number of thiazole rings is 1. The molecule has 24 heavy (non-hydrogen) atoms. The van der Waals surface area contributed by atoms with Crippen LogP contribution in [0.3, 0.4) is 0 Å². The highest BCUT2D eigenvalue weighted by Crippen LogP contribution is 2.24. The fraction of sp³-hybridized carbons (Fsp3) is 0.312. The molecule has 0 atom stereocenters. The minimum Gasteiger partial charge on any atom is -0.347 e. The average Bonchev–Trinajstić information content (AvgIpc) is 3.36. The fourth-order valence-electron chi connectivity index (χ4n) is 2.74. The summed E-state index contributed by atoms with van der Waals surface area (Å²) in [5.74, 6) is 0.641. The van der Waals surface area contributed by atoms with E-state index in [-0.39, 0.29) is 11.9 Å². The molecule has 0 bridgehead atoms. The minimum atomic E-state index is -0.132. The topological polar surface area (TPSA) is 93.8 Å². The number of hydrogen-bond acceptors (Lipinski definition) is 7. The van der Waals surface area contributed by atoms with Crippen molar-refractivity contribution in [2.75, 3.05) is 0 Å². The van der Waals surface area contributed by atoms with E-state index in [9.17, 15) is 4.79 Å². The van der Waals surface area contributed by atoms with Crippen LogP contribution >= 0.6 is 11.3 Å². The summed E-state index contributed by atoms with van der Waals surface area (Å²) in [5, 5.41) is 9.15. The Morgan fingerprint density at radius 2 is 2.00 bits per heavy atom. The van der Waals surface area contributed by atoms with E-state index in [1.54, 1.807) is 29.9 Å². The number of carbonyl (C=O) groups excluding carboxylic acids is 1. The molecule has 1 saturated carbocycles. The van der Waals surface area contributed by atoms with E-state index in [0.717, 1.165) is 18.4 Å². The van der Waals surface area contributed by atoms with Gasteiger partial charge in [0.15, 0.2) is 5.01 Å². The van der Waals surface area contributed by atoms with Crippen molar-refractivity contribution < 1.29 is 9.32 Å². The first-order chi connectivity index (χ1) is 11.8. The lowest BCUT2D eigenvalue weighted by atomic mass is 10.2. The van der Waals surface area contributed by atoms with Crippen molar-refractivity contribution in [3.8, 4) is 23.0 Å². The van der Waals surface area contributed by atoms with Crippen molar-refractivity contribution in [1.82, 2.24) is 25.4 Å². The first kappa shape index (κ1) is 14.9. The largest absolute Gasteiger partial charge is 0.347 e. The molecule has 0 saturated heterocycles. The molecule has 0 spiro atoms. The van der Waals surface area contributed by atoms with Crippen molar-refractivity contribution in [3.63, 3.8) is 0 Å². The number of hydrogen-bond donors (Lipinski definition) is 1. The molecule has 0 aliphatic heterocycles. The zero-order valence-corrected chi connectivity index (χ0v) is 13.6. The molecule has 1 aliphatic rings. The molecule has 1 N–H and O–H groups in total. The van der Waals surface area contributed by atoms with Gasteiger partial charge in [0.1, 0.15) is 5.69 Å². The molecule has 0 radical (unpaired) electrons. The number of amides is 1. The Morgan fingerprint density at radius 1 is 1.21 bits per heavy atom. The van der Waals surface area contributed by atoms with Gasteiger partial charge in [0.2, 0.25) is 5.82 Å². The zero-order chi connectivity index (χ0) is 16.4. The van der Waals surface area contributed by atoms with Crippen LogP contribution in [0.1, 0.15) is 35.5 Å². The number of pyridine rings is 1. The third-order valence-corrected chi connectivity index (χ3v) is 4.81. The van der Waals surface area contributed by atoms with Gasteiger partial charge in [-0.3, -0.25) is 9.78 Å². The Hall–Kier alpha value is -2.61. The number of nitrogens with one attached hydrogen (secondary N) is 1. The van der Waals surface area contributed by atoms with Gasteiger partial charge in [-0.1, -0.05) is 18.0 Å². The zero-order valence-electron chi connectivity index (χ0n) is 12.8. The van der Waals surface area contributed by atoms with Gasteiger partial charge in [-0.2, -0.15) is 4.98 Å². The van der Waals surface area contributed by atoms with E-state index in [1.807, 2.05) is 0 Å². The molecule has 1 aliphatic carbocycles. The molecule has 122 valence electrons. The molecular weight excluding hydrogens is 326 g/mol. The summed E-state index contributed by atoms with van der Waals surface area (Å²) < 4.78 is 5.26. The third kappa shape index (κ3) is 3.05. The Kier molecular flexibility index (Phi) is 4.04. The normalized spacial score (nSPS) is 14.8. The minimum absolute atomic E-state index is 0.132. The van der Waals surface area contributed by atoms with Gasteiger partial charge < -0.3 is 9.84 Å². The summed E-state index contributed by atoms with van der Waals surface area (Å²) in [6, 6.07) is 3.87. The van der Waals surface area contributed by atoms with Crippen LogP contribution in [-0.2, 0) is 0 Å². The summed E-state index contributed by atoms with van der Waals surface area (Å²) in [4.78, 5) is 24.9. The van der Waals surface area contributed by atoms with Gasteiger partial charge in [0, 0.05) is 29.4 Å². The highest BCUT2D eigenvalue weighted by molar-refractivity contribution is 7.12. The smallest absolute Gasteiger partial charge is 0.280 e. The lowest BCUT2D eigenvalue weighted by Gasteiger charge is -2.09. The Balaban J connectivity index is 1.50. The van der Waals surface area contributed by atoms with Gasteiger partial charge in [-0.25, -0.2) is 4.98 Å². The van der Waals surface area contributed by atoms with Crippen LogP contribution in [0.15, 0.2) is 34.4 Å². The standard InChI is InChI=1S/C16H15N5O2S/c22-14(18-11-3-1-2-4-11)16-19-12(9-24-16)15-20-13(21-23-15)10-5-7-17-8-6-10/h5-9,11H,1-4H2,(H,18,22). The molecule has 4 rings (SSSR count). The van der Waals surface area contributed by atoms with E-state index in [2.05, 4.69) is 25.4 Å². The molecule has 7 nitrogen and oxygen atoms in total. The van der Waals surface area contributed by atoms with Gasteiger partial charge in [0.05, 0.1) is 0 Å². The van der Waals surface area contributed by atoms with Gasteiger partial charge in [0.25, 0.3) is 11.8 Å². The van der Waals surface area contributed by atoms with Crippen LogP contribution in [0.4, 0.5) is 0 Å². The quantitative estimate of drug-likeness (QED) is 0.784. The van der Waals surface area contributed by atoms with Crippen LogP contribution in [-0.4, -0.2) is 32.1 Å². The molecule has 0 aromatic carbocycles. The fourth-order valence-corrected chi connectivity index (χ4v) is 3.43. The second-order valence-electron chi connectivity index (χ2n) is 5.65. The maximum atomic E-state index is 12.2. The van der Waals surface area contributed by atoms with Crippen LogP contribution in [0.5, 0.6) is 0 Å². The number of nitrogens with zero attached hydrogens (tertiary/aromatic N) is 4. The SMILES string of the molecule is O=C(NC1CCCC1)c1nc(-c2nc(-c3ccncc3)no2)cs1. The van der Waals surface area contributed by atoms with Crippen molar-refractivity contribution in [2.45, 2.75) is 31.7 Å². The first-order valence-corrected chi connectivity index (χ1v) is 8.68. The summed E-state index contributed by atoms with van der Waals surface area (Å²) in [6.07, 6.45) is 7.77. The maximum Gasteiger partial charge on any atom is 0.280 e. The van der Waals surface area contributed by atoms with Gasteiger partial charge >= 0.3 is 0 Å². The first-order valence-electron chi connectivity index (χ1n) is 7.80. The second kappa shape index (κ2) is 6.48. The van der Waals surface area contributed by atoms with Crippen molar-refractivity contribution in [3.05, 3.63) is 34.9 Å². The number of aromatic nitrogens is 4. The average molecular weight is 341 g/mol. The van der Waals surface area contributed by atoms with Gasteiger partial charge in [-0.05, 0) is 25.0 Å². The monoisotopic (exact) mass is 341 g/mol. The van der Waals surface area contributed by atoms with Crippen LogP contribution in [0, 0.1) is 0 Å². The van der Waals surface area contributed by atoms with E-state index in [0.29, 0.717) is 22.4 Å². The lowest BCUT2D eigenvalue weighted by Crippen LogP contribution is -2.32. The third-order valence-electron chi connectivity index (χ3n) is 3.97. The summed E-state index contributed by atoms with van der Waals surface area (Å²) in [7, 11) is 0. The van der Waals surface area contributed by atoms with Crippen molar-refractivity contribution >= 4 is 17.2 Å². The Bertz CT molecular complexity index is 839. The van der Waals surface area contributed by atoms with Crippen LogP contribution in [0.2, 0.25) is 0 Å². The molecule has 1 fully saturated rings. The van der Waals surface area contributed by atoms with E-state index in [1.165, 1.54) is 24.2 Å². The number of rotatable bonds is 4. The van der Waals surface area contributed by atoms with E-state index >= 15 is 0 Å². The highest BCUT2D eigenvalue weighted by Gasteiger charge is 2.21. The molecule has 3 aromatic heterocycles. The molecule has 8 heteroatoms. The lowest BCUT2D eigenvalue weighted by molar-refractivity contribution is 0.0937. The van der Waals surface area contributed by atoms with E-state index < -0.39 is 0 Å². The Labute approximate surface area is 142 Å². The predicted octanol–water partition coefficient (Wildman–Crippen LogP) is 2.93. The molecule has 0 unspecified atom stereocenters.